The summed E-state index contributed by atoms with van der Waals surface area (Å²) in [6.45, 7) is -1.45. The number of sulfonamides is 1. The summed E-state index contributed by atoms with van der Waals surface area (Å²) in [4.78, 5) is 10.9. The number of hydrogen-bond acceptors (Lipinski definition) is 3. The fourth-order valence-corrected chi connectivity index (χ4v) is 3.07. The van der Waals surface area contributed by atoms with Crippen LogP contribution in [0.3, 0.4) is 0 Å². The van der Waals surface area contributed by atoms with Crippen LogP contribution in [0.25, 0.3) is 0 Å². The molecule has 2 rings (SSSR count). The van der Waals surface area contributed by atoms with Crippen molar-refractivity contribution in [2.45, 2.75) is 17.5 Å². The normalized spacial score (nSPS) is 11.9. The van der Waals surface area contributed by atoms with Gasteiger partial charge in [-0.15, -0.1) is 0 Å². The van der Waals surface area contributed by atoms with Crippen LogP contribution in [0.1, 0.15) is 5.56 Å². The van der Waals surface area contributed by atoms with E-state index < -0.39 is 45.2 Å². The van der Waals surface area contributed by atoms with Crippen LogP contribution in [-0.4, -0.2) is 27.0 Å². The minimum atomic E-state index is -4.52. The van der Waals surface area contributed by atoms with Gasteiger partial charge in [-0.05, 0) is 35.9 Å². The Balaban J connectivity index is 2.02. The summed E-state index contributed by atoms with van der Waals surface area (Å²) in [5.41, 5.74) is 0.421. The molecule has 0 aliphatic heterocycles. The van der Waals surface area contributed by atoms with Crippen LogP contribution in [0.4, 0.5) is 27.6 Å². The van der Waals surface area contributed by atoms with Gasteiger partial charge >= 0.3 is 6.18 Å². The Morgan fingerprint density at radius 1 is 0.963 bits per heavy atom. The molecule has 0 aromatic heterocycles. The number of nitrogens with one attached hydrogen (secondary N) is 2. The van der Waals surface area contributed by atoms with Crippen LogP contribution in [0.5, 0.6) is 0 Å². The first-order valence-electron chi connectivity index (χ1n) is 7.36. The van der Waals surface area contributed by atoms with Gasteiger partial charge in [0.05, 0.1) is 11.3 Å². The molecule has 0 fully saturated rings. The van der Waals surface area contributed by atoms with Crippen molar-refractivity contribution in [1.29, 1.82) is 0 Å². The molecule has 146 valence electrons. The molecule has 0 saturated carbocycles. The average molecular weight is 408 g/mol. The largest absolute Gasteiger partial charge is 0.405 e. The summed E-state index contributed by atoms with van der Waals surface area (Å²) in [5, 5.41) is 1.71. The monoisotopic (exact) mass is 408 g/mol. The smallest absolute Gasteiger partial charge is 0.347 e. The zero-order valence-electron chi connectivity index (χ0n) is 13.5. The molecule has 0 radical (unpaired) electrons. The SMILES string of the molecule is O=C(Cc1ccc(NS(=O)(=O)c2ccc(F)c(F)c2)cc1)NCC(F)(F)F. The molecule has 0 heterocycles. The lowest BCUT2D eigenvalue weighted by Crippen LogP contribution is -2.34. The predicted octanol–water partition coefficient (Wildman–Crippen LogP) is 2.99. The van der Waals surface area contributed by atoms with Crippen molar-refractivity contribution in [1.82, 2.24) is 5.32 Å². The van der Waals surface area contributed by atoms with Crippen molar-refractivity contribution < 1.29 is 35.2 Å². The molecule has 0 unspecified atom stereocenters. The topological polar surface area (TPSA) is 75.3 Å². The lowest BCUT2D eigenvalue weighted by Gasteiger charge is -2.10. The van der Waals surface area contributed by atoms with Gasteiger partial charge in [-0.25, -0.2) is 17.2 Å². The summed E-state index contributed by atoms with van der Waals surface area (Å²) in [7, 11) is -4.17. The molecule has 0 atom stereocenters. The molecule has 0 aliphatic carbocycles. The lowest BCUT2D eigenvalue weighted by molar-refractivity contribution is -0.138. The van der Waals surface area contributed by atoms with Gasteiger partial charge in [-0.3, -0.25) is 9.52 Å². The average Bonchev–Trinajstić information content (AvgIpc) is 2.56. The van der Waals surface area contributed by atoms with E-state index in [-0.39, 0.29) is 12.1 Å². The van der Waals surface area contributed by atoms with Crippen LogP contribution in [0.15, 0.2) is 47.4 Å². The first-order valence-corrected chi connectivity index (χ1v) is 8.85. The third kappa shape index (κ3) is 6.20. The van der Waals surface area contributed by atoms with Gasteiger partial charge in [0, 0.05) is 5.69 Å². The Morgan fingerprint density at radius 3 is 2.15 bits per heavy atom. The number of hydrogen-bond donors (Lipinski definition) is 2. The molecule has 2 N–H and O–H groups in total. The summed E-state index contributed by atoms with van der Waals surface area (Å²) in [5.74, 6) is -3.36. The van der Waals surface area contributed by atoms with E-state index in [0.29, 0.717) is 17.7 Å². The lowest BCUT2D eigenvalue weighted by atomic mass is 10.1. The fraction of sp³-hybridized carbons (Fsp3) is 0.188. The van der Waals surface area contributed by atoms with Crippen molar-refractivity contribution >= 4 is 21.6 Å². The summed E-state index contributed by atoms with van der Waals surface area (Å²) >= 11 is 0. The van der Waals surface area contributed by atoms with Gasteiger partial charge in [0.1, 0.15) is 6.54 Å². The van der Waals surface area contributed by atoms with Crippen LogP contribution < -0.4 is 10.0 Å². The maximum absolute atomic E-state index is 13.2. The van der Waals surface area contributed by atoms with Gasteiger partial charge < -0.3 is 5.32 Å². The van der Waals surface area contributed by atoms with Gasteiger partial charge in [0.25, 0.3) is 10.0 Å². The highest BCUT2D eigenvalue weighted by atomic mass is 32.2. The van der Waals surface area contributed by atoms with Crippen LogP contribution >= 0.6 is 0 Å². The maximum Gasteiger partial charge on any atom is 0.405 e. The van der Waals surface area contributed by atoms with E-state index >= 15 is 0 Å². The van der Waals surface area contributed by atoms with Gasteiger partial charge in [0.2, 0.25) is 5.91 Å². The summed E-state index contributed by atoms with van der Waals surface area (Å²) in [6.07, 6.45) is -4.84. The number of alkyl halides is 3. The first-order chi connectivity index (χ1) is 12.5. The summed E-state index contributed by atoms with van der Waals surface area (Å²) < 4.78 is 88.6. The third-order valence-electron chi connectivity index (χ3n) is 3.26. The third-order valence-corrected chi connectivity index (χ3v) is 4.64. The molecule has 27 heavy (non-hydrogen) atoms. The number of anilines is 1. The molecular formula is C16H13F5N2O3S. The Labute approximate surface area is 151 Å². The highest BCUT2D eigenvalue weighted by Gasteiger charge is 2.27. The van der Waals surface area contributed by atoms with Crippen molar-refractivity contribution in [3.05, 3.63) is 59.7 Å². The molecular weight excluding hydrogens is 395 g/mol. The number of halogens is 5. The molecule has 0 saturated heterocycles. The second kappa shape index (κ2) is 7.91. The Kier molecular flexibility index (Phi) is 6.04. The second-order valence-corrected chi connectivity index (χ2v) is 7.13. The van der Waals surface area contributed by atoms with Crippen LogP contribution in [0, 0.1) is 11.6 Å². The standard InChI is InChI=1S/C16H13F5N2O3S/c17-13-6-5-12(8-14(13)18)27(25,26)23-11-3-1-10(2-4-11)7-15(24)22-9-16(19,20)21/h1-6,8,23H,7,9H2,(H,22,24). The predicted molar refractivity (Wildman–Crippen MR) is 86.4 cm³/mol. The number of amides is 1. The Bertz CT molecular complexity index is 928. The van der Waals surface area contributed by atoms with E-state index in [4.69, 9.17) is 0 Å². The molecule has 0 spiro atoms. The Hall–Kier alpha value is -2.69. The van der Waals surface area contributed by atoms with Crippen molar-refractivity contribution in [2.24, 2.45) is 0 Å². The molecule has 2 aromatic rings. The quantitative estimate of drug-likeness (QED) is 0.722. The highest BCUT2D eigenvalue weighted by molar-refractivity contribution is 7.92. The van der Waals surface area contributed by atoms with E-state index in [9.17, 15) is 35.2 Å². The van der Waals surface area contributed by atoms with Crippen LogP contribution in [-0.2, 0) is 21.2 Å². The molecule has 11 heteroatoms. The highest BCUT2D eigenvalue weighted by Crippen LogP contribution is 2.19. The molecule has 2 aromatic carbocycles. The Morgan fingerprint density at radius 2 is 1.59 bits per heavy atom. The molecule has 0 bridgehead atoms. The van der Waals surface area contributed by atoms with E-state index in [1.807, 2.05) is 0 Å². The molecule has 1 amide bonds. The van der Waals surface area contributed by atoms with Crippen molar-refractivity contribution in [2.75, 3.05) is 11.3 Å². The number of carbonyl (C=O) groups is 1. The summed E-state index contributed by atoms with van der Waals surface area (Å²) in [6, 6.07) is 7.34. The van der Waals surface area contributed by atoms with E-state index in [1.165, 1.54) is 24.3 Å². The minimum absolute atomic E-state index is 0.0687. The molecule has 0 aliphatic rings. The van der Waals surface area contributed by atoms with Crippen molar-refractivity contribution in [3.63, 3.8) is 0 Å². The van der Waals surface area contributed by atoms with E-state index in [1.54, 1.807) is 5.32 Å². The number of carbonyl (C=O) groups excluding carboxylic acids is 1. The fourth-order valence-electron chi connectivity index (χ4n) is 2.00. The number of rotatable bonds is 6. The van der Waals surface area contributed by atoms with Gasteiger partial charge in [-0.1, -0.05) is 12.1 Å². The first kappa shape index (κ1) is 20.6. The molecule has 5 nitrogen and oxygen atoms in total. The van der Waals surface area contributed by atoms with Crippen LogP contribution in [0.2, 0.25) is 0 Å². The van der Waals surface area contributed by atoms with E-state index in [0.717, 1.165) is 6.07 Å². The van der Waals surface area contributed by atoms with Gasteiger partial charge in [0.15, 0.2) is 11.6 Å². The maximum atomic E-state index is 13.2. The zero-order chi connectivity index (χ0) is 20.2. The van der Waals surface area contributed by atoms with Gasteiger partial charge in [-0.2, -0.15) is 13.2 Å². The minimum Gasteiger partial charge on any atom is -0.347 e. The second-order valence-electron chi connectivity index (χ2n) is 5.45. The van der Waals surface area contributed by atoms with Crippen molar-refractivity contribution in [3.8, 4) is 0 Å². The van der Waals surface area contributed by atoms with E-state index in [2.05, 4.69) is 4.72 Å². The zero-order valence-corrected chi connectivity index (χ0v) is 14.3. The number of benzene rings is 2.